The fourth-order valence-corrected chi connectivity index (χ4v) is 3.12. The van der Waals surface area contributed by atoms with E-state index in [1.807, 2.05) is 4.90 Å². The molecule has 3 heterocycles. The Morgan fingerprint density at radius 1 is 1.38 bits per heavy atom. The summed E-state index contributed by atoms with van der Waals surface area (Å²) in [4.78, 5) is 26.9. The van der Waals surface area contributed by atoms with Crippen molar-refractivity contribution < 1.29 is 14.3 Å². The number of ether oxygens (including phenoxy) is 1. The molecule has 0 aromatic rings. The number of cyclic esters (lactones) is 1. The van der Waals surface area contributed by atoms with Crippen molar-refractivity contribution in [3.8, 4) is 0 Å². The van der Waals surface area contributed by atoms with Crippen LogP contribution >= 0.6 is 0 Å². The van der Waals surface area contributed by atoms with Crippen molar-refractivity contribution in [2.75, 3.05) is 33.2 Å². The highest BCUT2D eigenvalue weighted by Gasteiger charge is 2.53. The first-order valence-electron chi connectivity index (χ1n) is 5.75. The minimum Gasteiger partial charge on any atom is -0.452 e. The van der Waals surface area contributed by atoms with E-state index in [1.165, 1.54) is 0 Å². The van der Waals surface area contributed by atoms with Gasteiger partial charge in [0.05, 0.1) is 0 Å². The van der Waals surface area contributed by atoms with E-state index >= 15 is 0 Å². The van der Waals surface area contributed by atoms with E-state index in [1.54, 1.807) is 0 Å². The smallest absolute Gasteiger partial charge is 0.306 e. The van der Waals surface area contributed by atoms with E-state index < -0.39 is 6.10 Å². The molecule has 0 bridgehead atoms. The van der Waals surface area contributed by atoms with Gasteiger partial charge in [0, 0.05) is 44.4 Å². The fraction of sp³-hybridized carbons (Fsp3) is 0.818. The van der Waals surface area contributed by atoms with Crippen LogP contribution in [0, 0.1) is 5.41 Å². The van der Waals surface area contributed by atoms with E-state index in [0.29, 0.717) is 18.3 Å². The summed E-state index contributed by atoms with van der Waals surface area (Å²) in [5.74, 6) is -0.233. The number of carbonyl (C=O) groups excluding carboxylic acids is 2. The van der Waals surface area contributed by atoms with Gasteiger partial charge in [0.1, 0.15) is 0 Å². The molecule has 3 aliphatic rings. The second-order valence-corrected chi connectivity index (χ2v) is 5.38. The van der Waals surface area contributed by atoms with Gasteiger partial charge >= 0.3 is 5.97 Å². The molecule has 88 valence electrons. The van der Waals surface area contributed by atoms with Gasteiger partial charge in [-0.2, -0.15) is 0 Å². The lowest BCUT2D eigenvalue weighted by Crippen LogP contribution is -2.72. The highest BCUT2D eigenvalue weighted by molar-refractivity contribution is 5.87. The molecule has 1 amide bonds. The van der Waals surface area contributed by atoms with Crippen LogP contribution in [0.4, 0.5) is 0 Å². The summed E-state index contributed by atoms with van der Waals surface area (Å²) in [6.07, 6.45) is 0.446. The van der Waals surface area contributed by atoms with Crippen LogP contribution in [0.15, 0.2) is 0 Å². The number of esters is 1. The molecular weight excluding hydrogens is 208 g/mol. The topological polar surface area (TPSA) is 49.9 Å². The quantitative estimate of drug-likeness (QED) is 0.562. The zero-order valence-corrected chi connectivity index (χ0v) is 9.44. The lowest BCUT2D eigenvalue weighted by molar-refractivity contribution is -0.169. The van der Waals surface area contributed by atoms with Crippen molar-refractivity contribution in [2.24, 2.45) is 5.41 Å². The Morgan fingerprint density at radius 2 is 2.06 bits per heavy atom. The summed E-state index contributed by atoms with van der Waals surface area (Å²) < 4.78 is 4.98. The van der Waals surface area contributed by atoms with Crippen molar-refractivity contribution in [1.29, 1.82) is 0 Å². The van der Waals surface area contributed by atoms with Crippen molar-refractivity contribution in [3.63, 3.8) is 0 Å². The van der Waals surface area contributed by atoms with Gasteiger partial charge in [-0.3, -0.25) is 9.59 Å². The van der Waals surface area contributed by atoms with Gasteiger partial charge in [0.25, 0.3) is 5.91 Å². The Hall–Kier alpha value is -1.10. The molecule has 1 unspecified atom stereocenters. The van der Waals surface area contributed by atoms with Crippen LogP contribution in [0.3, 0.4) is 0 Å². The van der Waals surface area contributed by atoms with Crippen molar-refractivity contribution in [3.05, 3.63) is 0 Å². The molecule has 0 aromatic carbocycles. The van der Waals surface area contributed by atoms with Gasteiger partial charge in [-0.25, -0.2) is 0 Å². The van der Waals surface area contributed by atoms with E-state index in [0.717, 1.165) is 26.2 Å². The van der Waals surface area contributed by atoms with Gasteiger partial charge < -0.3 is 14.5 Å². The third kappa shape index (κ3) is 1.42. The second-order valence-electron chi connectivity index (χ2n) is 5.38. The molecule has 1 spiro atoms. The minimum atomic E-state index is -0.498. The van der Waals surface area contributed by atoms with Gasteiger partial charge in [0.15, 0.2) is 6.10 Å². The second kappa shape index (κ2) is 3.20. The van der Waals surface area contributed by atoms with E-state index in [4.69, 9.17) is 4.74 Å². The molecule has 0 aromatic heterocycles. The van der Waals surface area contributed by atoms with Crippen LogP contribution in [-0.4, -0.2) is 61.0 Å². The Balaban J connectivity index is 1.53. The first-order chi connectivity index (χ1) is 7.58. The molecule has 3 fully saturated rings. The molecule has 3 aliphatic heterocycles. The number of rotatable bonds is 1. The van der Waals surface area contributed by atoms with Gasteiger partial charge in [-0.05, 0) is 7.05 Å². The average Bonchev–Trinajstić information content (AvgIpc) is 2.55. The van der Waals surface area contributed by atoms with Gasteiger partial charge in [0.2, 0.25) is 0 Å². The summed E-state index contributed by atoms with van der Waals surface area (Å²) in [7, 11) is 2.09. The summed E-state index contributed by atoms with van der Waals surface area (Å²) in [5.41, 5.74) is 0.354. The number of hydrogen-bond acceptors (Lipinski definition) is 4. The SMILES string of the molecule is CN1CC2(C1)CN(C(=O)C1CCC(=O)O1)C2. The minimum absolute atomic E-state index is 0.00558. The Morgan fingerprint density at radius 3 is 2.56 bits per heavy atom. The summed E-state index contributed by atoms with van der Waals surface area (Å²) in [6.45, 7) is 3.84. The lowest BCUT2D eigenvalue weighted by Gasteiger charge is -2.59. The molecule has 5 nitrogen and oxygen atoms in total. The van der Waals surface area contributed by atoms with Crippen molar-refractivity contribution in [1.82, 2.24) is 9.80 Å². The largest absolute Gasteiger partial charge is 0.452 e. The number of carbonyl (C=O) groups is 2. The number of amides is 1. The van der Waals surface area contributed by atoms with E-state index in [-0.39, 0.29) is 11.9 Å². The third-order valence-corrected chi connectivity index (χ3v) is 3.73. The van der Waals surface area contributed by atoms with Crippen LogP contribution in [0.25, 0.3) is 0 Å². The normalized spacial score (nSPS) is 32.2. The highest BCUT2D eigenvalue weighted by atomic mass is 16.6. The van der Waals surface area contributed by atoms with Crippen LogP contribution in [0.1, 0.15) is 12.8 Å². The van der Waals surface area contributed by atoms with Crippen molar-refractivity contribution in [2.45, 2.75) is 18.9 Å². The van der Waals surface area contributed by atoms with E-state index in [2.05, 4.69) is 11.9 Å². The molecule has 0 radical (unpaired) electrons. The van der Waals surface area contributed by atoms with Crippen LogP contribution in [0.2, 0.25) is 0 Å². The standard InChI is InChI=1S/C11H16N2O3/c1-12-4-11(5-12)6-13(7-11)10(15)8-2-3-9(14)16-8/h8H,2-7H2,1H3. The molecule has 0 aliphatic carbocycles. The van der Waals surface area contributed by atoms with E-state index in [9.17, 15) is 9.59 Å². The average molecular weight is 224 g/mol. The first kappa shape index (κ1) is 10.1. The Labute approximate surface area is 94.3 Å². The summed E-state index contributed by atoms with van der Waals surface area (Å²) in [5, 5.41) is 0. The van der Waals surface area contributed by atoms with Gasteiger partial charge in [-0.1, -0.05) is 0 Å². The monoisotopic (exact) mass is 224 g/mol. The molecule has 5 heteroatoms. The third-order valence-electron chi connectivity index (χ3n) is 3.73. The molecule has 16 heavy (non-hydrogen) atoms. The molecular formula is C11H16N2O3. The van der Waals surface area contributed by atoms with Gasteiger partial charge in [-0.15, -0.1) is 0 Å². The van der Waals surface area contributed by atoms with Crippen LogP contribution in [-0.2, 0) is 14.3 Å². The number of hydrogen-bond donors (Lipinski definition) is 0. The number of nitrogens with zero attached hydrogens (tertiary/aromatic N) is 2. The molecule has 3 saturated heterocycles. The summed E-state index contributed by atoms with van der Waals surface area (Å²) in [6, 6.07) is 0. The fourth-order valence-electron chi connectivity index (χ4n) is 3.12. The van der Waals surface area contributed by atoms with Crippen molar-refractivity contribution >= 4 is 11.9 Å². The molecule has 0 saturated carbocycles. The van der Waals surface area contributed by atoms with Crippen LogP contribution < -0.4 is 0 Å². The lowest BCUT2D eigenvalue weighted by atomic mass is 9.73. The zero-order valence-electron chi connectivity index (χ0n) is 9.44. The Kier molecular flexibility index (Phi) is 2.01. The van der Waals surface area contributed by atoms with Crippen LogP contribution in [0.5, 0.6) is 0 Å². The molecule has 0 N–H and O–H groups in total. The maximum absolute atomic E-state index is 11.9. The Bertz CT molecular complexity index is 341. The zero-order chi connectivity index (χ0) is 11.3. The summed E-state index contributed by atoms with van der Waals surface area (Å²) >= 11 is 0. The number of likely N-dealkylation sites (tertiary alicyclic amines) is 2. The predicted octanol–water partition coefficient (Wildman–Crippen LogP) is -0.534. The predicted molar refractivity (Wildman–Crippen MR) is 55.6 cm³/mol. The molecule has 3 rings (SSSR count). The maximum Gasteiger partial charge on any atom is 0.306 e. The first-order valence-corrected chi connectivity index (χ1v) is 5.75. The maximum atomic E-state index is 11.9. The highest BCUT2D eigenvalue weighted by Crippen LogP contribution is 2.39. The molecule has 1 atom stereocenters.